The zero-order valence-corrected chi connectivity index (χ0v) is 19.1. The highest BCUT2D eigenvalue weighted by Gasteiger charge is 2.26. The summed E-state index contributed by atoms with van der Waals surface area (Å²) >= 11 is 0. The minimum atomic E-state index is -0.661. The Morgan fingerprint density at radius 1 is 0.875 bits per heavy atom. The van der Waals surface area contributed by atoms with E-state index in [0.717, 1.165) is 38.8 Å². The summed E-state index contributed by atoms with van der Waals surface area (Å²) in [6.07, 6.45) is 3.93. The van der Waals surface area contributed by atoms with Crippen molar-refractivity contribution in [3.63, 3.8) is 0 Å². The molecule has 2 aliphatic rings. The Hall–Kier alpha value is -2.62. The molecular formula is C28H30ClNO2. The first-order valence-corrected chi connectivity index (χ1v) is 11.4. The fraction of sp³-hybridized carbons (Fsp3) is 0.321. The van der Waals surface area contributed by atoms with Crippen molar-refractivity contribution in [2.75, 3.05) is 13.1 Å². The second-order valence-electron chi connectivity index (χ2n) is 8.98. The molecule has 0 saturated carbocycles. The first-order chi connectivity index (χ1) is 15.2. The highest BCUT2D eigenvalue weighted by Crippen LogP contribution is 2.39. The monoisotopic (exact) mass is 447 g/mol. The molecule has 1 saturated heterocycles. The average Bonchev–Trinajstić information content (AvgIpc) is 2.97. The van der Waals surface area contributed by atoms with Crippen LogP contribution in [0.25, 0.3) is 0 Å². The lowest BCUT2D eigenvalue weighted by Gasteiger charge is -2.30. The fourth-order valence-corrected chi connectivity index (χ4v) is 5.36. The normalized spacial score (nSPS) is 18.7. The van der Waals surface area contributed by atoms with E-state index in [2.05, 4.69) is 77.7 Å². The predicted molar refractivity (Wildman–Crippen MR) is 131 cm³/mol. The first kappa shape index (κ1) is 22.6. The third kappa shape index (κ3) is 4.60. The topological polar surface area (TPSA) is 40.5 Å². The van der Waals surface area contributed by atoms with Gasteiger partial charge in [0.25, 0.3) is 0 Å². The molecule has 0 spiro atoms. The van der Waals surface area contributed by atoms with Gasteiger partial charge in [0.15, 0.2) is 0 Å². The molecular weight excluding hydrogens is 418 g/mol. The number of rotatable bonds is 4. The summed E-state index contributed by atoms with van der Waals surface area (Å²) in [6.45, 7) is 2.46. The predicted octanol–water partition coefficient (Wildman–Crippen LogP) is 5.68. The maximum absolute atomic E-state index is 11.4. The quantitative estimate of drug-likeness (QED) is 0.559. The SMILES string of the molecule is Cl.O=C(O)[C@@H]1CCCN(Cc2ccc(C3c4ccccc4CCc4ccccc43)cc2)C1. The molecule has 0 unspecified atom stereocenters. The van der Waals surface area contributed by atoms with Crippen LogP contribution >= 0.6 is 12.4 Å². The first-order valence-electron chi connectivity index (χ1n) is 11.4. The number of nitrogens with zero attached hydrogens (tertiary/aromatic N) is 1. The van der Waals surface area contributed by atoms with E-state index in [4.69, 9.17) is 0 Å². The second-order valence-corrected chi connectivity index (χ2v) is 8.98. The maximum Gasteiger partial charge on any atom is 0.307 e. The minimum absolute atomic E-state index is 0. The number of carboxylic acids is 1. The van der Waals surface area contributed by atoms with Gasteiger partial charge in [-0.05, 0) is 65.6 Å². The van der Waals surface area contributed by atoms with Gasteiger partial charge in [0.2, 0.25) is 0 Å². The maximum atomic E-state index is 11.4. The van der Waals surface area contributed by atoms with Gasteiger partial charge in [-0.3, -0.25) is 9.69 Å². The molecule has 0 amide bonds. The smallest absolute Gasteiger partial charge is 0.307 e. The number of fused-ring (bicyclic) bond motifs is 2. The Bertz CT molecular complexity index is 1030. The second kappa shape index (κ2) is 9.89. The number of carboxylic acid groups (broad SMARTS) is 1. The van der Waals surface area contributed by atoms with E-state index in [1.165, 1.54) is 33.4 Å². The van der Waals surface area contributed by atoms with Crippen LogP contribution in [0.4, 0.5) is 0 Å². The number of hydrogen-bond donors (Lipinski definition) is 1. The van der Waals surface area contributed by atoms with Crippen molar-refractivity contribution in [2.45, 2.75) is 38.1 Å². The van der Waals surface area contributed by atoms with Crippen molar-refractivity contribution in [1.82, 2.24) is 4.90 Å². The molecule has 1 aliphatic heterocycles. The molecule has 1 fully saturated rings. The summed E-state index contributed by atoms with van der Waals surface area (Å²) in [6, 6.07) is 26.8. The molecule has 1 heterocycles. The molecule has 1 aliphatic carbocycles. The van der Waals surface area contributed by atoms with Crippen molar-refractivity contribution in [3.8, 4) is 0 Å². The summed E-state index contributed by atoms with van der Waals surface area (Å²) < 4.78 is 0. The summed E-state index contributed by atoms with van der Waals surface area (Å²) in [7, 11) is 0. The van der Waals surface area contributed by atoms with E-state index < -0.39 is 5.97 Å². The van der Waals surface area contributed by atoms with Crippen molar-refractivity contribution >= 4 is 18.4 Å². The van der Waals surface area contributed by atoms with Gasteiger partial charge in [-0.2, -0.15) is 0 Å². The van der Waals surface area contributed by atoms with Crippen LogP contribution in [0.5, 0.6) is 0 Å². The van der Waals surface area contributed by atoms with E-state index in [9.17, 15) is 9.90 Å². The summed E-state index contributed by atoms with van der Waals surface area (Å²) in [4.78, 5) is 13.7. The lowest BCUT2D eigenvalue weighted by molar-refractivity contribution is -0.143. The number of piperidine rings is 1. The van der Waals surface area contributed by atoms with Crippen LogP contribution in [-0.2, 0) is 24.2 Å². The van der Waals surface area contributed by atoms with E-state index in [1.807, 2.05) is 0 Å². The zero-order valence-electron chi connectivity index (χ0n) is 18.2. The molecule has 3 aromatic rings. The third-order valence-electron chi connectivity index (χ3n) is 6.97. The largest absolute Gasteiger partial charge is 0.481 e. The van der Waals surface area contributed by atoms with Crippen LogP contribution in [0.3, 0.4) is 0 Å². The van der Waals surface area contributed by atoms with Crippen LogP contribution < -0.4 is 0 Å². The van der Waals surface area contributed by atoms with Crippen LogP contribution in [-0.4, -0.2) is 29.1 Å². The van der Waals surface area contributed by atoms with Crippen molar-refractivity contribution < 1.29 is 9.90 Å². The molecule has 4 heteroatoms. The van der Waals surface area contributed by atoms with Gasteiger partial charge in [-0.25, -0.2) is 0 Å². The number of halogens is 1. The Morgan fingerprint density at radius 2 is 1.47 bits per heavy atom. The lowest BCUT2D eigenvalue weighted by Crippen LogP contribution is -2.38. The molecule has 32 heavy (non-hydrogen) atoms. The molecule has 0 bridgehead atoms. The molecule has 0 radical (unpaired) electrons. The van der Waals surface area contributed by atoms with Crippen molar-refractivity contribution in [3.05, 3.63) is 106 Å². The summed E-state index contributed by atoms with van der Waals surface area (Å²) in [5.41, 5.74) is 8.31. The van der Waals surface area contributed by atoms with Crippen LogP contribution in [0.15, 0.2) is 72.8 Å². The highest BCUT2D eigenvalue weighted by atomic mass is 35.5. The van der Waals surface area contributed by atoms with Crippen LogP contribution in [0.2, 0.25) is 0 Å². The molecule has 166 valence electrons. The Labute approximate surface area is 196 Å². The highest BCUT2D eigenvalue weighted by molar-refractivity contribution is 5.85. The lowest BCUT2D eigenvalue weighted by atomic mass is 9.82. The van der Waals surface area contributed by atoms with Gasteiger partial charge in [-0.15, -0.1) is 12.4 Å². The van der Waals surface area contributed by atoms with Crippen LogP contribution in [0.1, 0.15) is 52.1 Å². The number of likely N-dealkylation sites (tertiary alicyclic amines) is 1. The number of hydrogen-bond acceptors (Lipinski definition) is 2. The molecule has 3 aromatic carbocycles. The summed E-state index contributed by atoms with van der Waals surface area (Å²) in [5.74, 6) is -0.631. The molecule has 5 rings (SSSR count). The molecule has 1 atom stereocenters. The zero-order chi connectivity index (χ0) is 21.2. The molecule has 3 nitrogen and oxygen atoms in total. The van der Waals surface area contributed by atoms with Gasteiger partial charge in [0.1, 0.15) is 0 Å². The van der Waals surface area contributed by atoms with Crippen molar-refractivity contribution in [1.29, 1.82) is 0 Å². The van der Waals surface area contributed by atoms with E-state index in [1.54, 1.807) is 0 Å². The summed E-state index contributed by atoms with van der Waals surface area (Å²) in [5, 5.41) is 9.36. The third-order valence-corrected chi connectivity index (χ3v) is 6.97. The van der Waals surface area contributed by atoms with Crippen LogP contribution in [0, 0.1) is 5.92 Å². The van der Waals surface area contributed by atoms with Gasteiger partial charge >= 0.3 is 5.97 Å². The minimum Gasteiger partial charge on any atom is -0.481 e. The standard InChI is InChI=1S/C28H29NO2.ClH/c30-28(31)24-8-5-17-29(19-24)18-20-11-13-23(14-12-20)27-25-9-3-1-6-21(25)15-16-22-7-2-4-10-26(22)27;/h1-4,6-7,9-14,24,27H,5,8,15-19H2,(H,30,31);1H/t24-;/m1./s1. The van der Waals surface area contributed by atoms with E-state index in [-0.39, 0.29) is 24.2 Å². The molecule has 0 aromatic heterocycles. The average molecular weight is 448 g/mol. The van der Waals surface area contributed by atoms with Crippen molar-refractivity contribution in [2.24, 2.45) is 5.92 Å². The number of aliphatic carboxylic acids is 1. The Morgan fingerprint density at radius 3 is 2.06 bits per heavy atom. The van der Waals surface area contributed by atoms with E-state index >= 15 is 0 Å². The van der Waals surface area contributed by atoms with Gasteiger partial charge in [0.05, 0.1) is 5.92 Å². The Kier molecular flexibility index (Phi) is 6.98. The number of carbonyl (C=O) groups is 1. The number of benzene rings is 3. The van der Waals surface area contributed by atoms with E-state index in [0.29, 0.717) is 6.54 Å². The molecule has 1 N–H and O–H groups in total. The Balaban J connectivity index is 0.00000245. The number of aryl methyl sites for hydroxylation is 2. The van der Waals surface area contributed by atoms with Gasteiger partial charge in [0, 0.05) is 19.0 Å². The van der Waals surface area contributed by atoms with Gasteiger partial charge < -0.3 is 5.11 Å². The fourth-order valence-electron chi connectivity index (χ4n) is 5.36. The van der Waals surface area contributed by atoms with Gasteiger partial charge in [-0.1, -0.05) is 72.8 Å².